The lowest BCUT2D eigenvalue weighted by molar-refractivity contribution is -0.132. The molecule has 1 atom stereocenters. The summed E-state index contributed by atoms with van der Waals surface area (Å²) in [6, 6.07) is 13.5. The van der Waals surface area contributed by atoms with Gasteiger partial charge in [-0.15, -0.1) is 0 Å². The predicted octanol–water partition coefficient (Wildman–Crippen LogP) is 4.17. The number of nitrogens with one attached hydrogen (secondary N) is 2. The number of fused-ring (bicyclic) bond motifs is 1. The van der Waals surface area contributed by atoms with E-state index < -0.39 is 17.9 Å². The van der Waals surface area contributed by atoms with Crippen LogP contribution in [-0.2, 0) is 4.79 Å². The Labute approximate surface area is 183 Å². The van der Waals surface area contributed by atoms with Gasteiger partial charge in [-0.3, -0.25) is 4.79 Å². The van der Waals surface area contributed by atoms with E-state index in [0.717, 1.165) is 5.56 Å². The minimum absolute atomic E-state index is 0.0481. The molecule has 3 aromatic rings. The number of ether oxygens (including phenoxy) is 1. The van der Waals surface area contributed by atoms with Crippen molar-refractivity contribution >= 4 is 35.0 Å². The number of carbonyl (C=O) groups excluding carboxylic acids is 1. The second-order valence-electron chi connectivity index (χ2n) is 6.77. The highest BCUT2D eigenvalue weighted by Gasteiger charge is 2.29. The SMILES string of the molecule is CCOc1ccc(NC(=O)c2cnn3c2NC(C(=O)O)=C[C@@H]3c2cccc(Cl)c2)cc1. The summed E-state index contributed by atoms with van der Waals surface area (Å²) in [4.78, 5) is 24.6. The molecule has 158 valence electrons. The van der Waals surface area contributed by atoms with Crippen molar-refractivity contribution in [3.63, 3.8) is 0 Å². The van der Waals surface area contributed by atoms with Crippen molar-refractivity contribution < 1.29 is 19.4 Å². The van der Waals surface area contributed by atoms with Crippen LogP contribution in [0.25, 0.3) is 0 Å². The Morgan fingerprint density at radius 1 is 1.26 bits per heavy atom. The predicted molar refractivity (Wildman–Crippen MR) is 117 cm³/mol. The number of carbonyl (C=O) groups is 2. The van der Waals surface area contributed by atoms with Gasteiger partial charge < -0.3 is 20.5 Å². The number of amides is 1. The molecule has 3 N–H and O–H groups in total. The Hall–Kier alpha value is -3.78. The van der Waals surface area contributed by atoms with Crippen LogP contribution < -0.4 is 15.4 Å². The van der Waals surface area contributed by atoms with Crippen molar-refractivity contribution in [1.82, 2.24) is 9.78 Å². The maximum absolute atomic E-state index is 12.9. The summed E-state index contributed by atoms with van der Waals surface area (Å²) in [5.74, 6) is -0.578. The topological polar surface area (TPSA) is 105 Å². The normalized spacial score (nSPS) is 14.8. The molecule has 0 saturated heterocycles. The van der Waals surface area contributed by atoms with Gasteiger partial charge in [0.25, 0.3) is 5.91 Å². The zero-order chi connectivity index (χ0) is 22.0. The van der Waals surface area contributed by atoms with Crippen molar-refractivity contribution in [2.45, 2.75) is 13.0 Å². The molecular formula is C22H19ClN4O4. The second-order valence-corrected chi connectivity index (χ2v) is 7.21. The number of halogens is 1. The third-order valence-corrected chi connectivity index (χ3v) is 4.96. The highest BCUT2D eigenvalue weighted by Crippen LogP contribution is 2.33. The number of aliphatic carboxylic acids is 1. The number of aromatic nitrogens is 2. The number of rotatable bonds is 6. The average Bonchev–Trinajstić information content (AvgIpc) is 3.19. The smallest absolute Gasteiger partial charge is 0.352 e. The minimum Gasteiger partial charge on any atom is -0.494 e. The number of allylic oxidation sites excluding steroid dienone is 1. The first-order chi connectivity index (χ1) is 15.0. The fraction of sp³-hybridized carbons (Fsp3) is 0.136. The van der Waals surface area contributed by atoms with Gasteiger partial charge in [-0.05, 0) is 55.0 Å². The molecule has 1 aromatic heterocycles. The van der Waals surface area contributed by atoms with E-state index in [4.69, 9.17) is 16.3 Å². The summed E-state index contributed by atoms with van der Waals surface area (Å²) in [5.41, 5.74) is 1.49. The van der Waals surface area contributed by atoms with Gasteiger partial charge in [-0.1, -0.05) is 23.7 Å². The van der Waals surface area contributed by atoms with Gasteiger partial charge in [-0.2, -0.15) is 5.10 Å². The third-order valence-electron chi connectivity index (χ3n) is 4.72. The van der Waals surface area contributed by atoms with E-state index in [9.17, 15) is 14.7 Å². The van der Waals surface area contributed by atoms with E-state index in [-0.39, 0.29) is 17.1 Å². The zero-order valence-electron chi connectivity index (χ0n) is 16.5. The summed E-state index contributed by atoms with van der Waals surface area (Å²) in [6.45, 7) is 2.44. The van der Waals surface area contributed by atoms with Crippen LogP contribution in [0.2, 0.25) is 5.02 Å². The summed E-state index contributed by atoms with van der Waals surface area (Å²) in [7, 11) is 0. The zero-order valence-corrected chi connectivity index (χ0v) is 17.3. The van der Waals surface area contributed by atoms with Crippen molar-refractivity contribution in [3.8, 4) is 5.75 Å². The van der Waals surface area contributed by atoms with E-state index in [0.29, 0.717) is 23.1 Å². The van der Waals surface area contributed by atoms with E-state index in [1.165, 1.54) is 12.3 Å². The Kier molecular flexibility index (Phi) is 5.64. The van der Waals surface area contributed by atoms with Crippen molar-refractivity contribution in [2.24, 2.45) is 0 Å². The molecule has 31 heavy (non-hydrogen) atoms. The number of benzene rings is 2. The van der Waals surface area contributed by atoms with Crippen LogP contribution in [-0.4, -0.2) is 33.4 Å². The average molecular weight is 439 g/mol. The largest absolute Gasteiger partial charge is 0.494 e. The highest BCUT2D eigenvalue weighted by atomic mass is 35.5. The molecule has 0 aliphatic carbocycles. The van der Waals surface area contributed by atoms with Crippen LogP contribution in [0, 0.1) is 0 Å². The number of anilines is 2. The van der Waals surface area contributed by atoms with Crippen LogP contribution >= 0.6 is 11.6 Å². The lowest BCUT2D eigenvalue weighted by Crippen LogP contribution is -2.25. The molecular weight excluding hydrogens is 420 g/mol. The maximum Gasteiger partial charge on any atom is 0.352 e. The molecule has 1 amide bonds. The van der Waals surface area contributed by atoms with Crippen molar-refractivity contribution in [3.05, 3.63) is 82.7 Å². The van der Waals surface area contributed by atoms with E-state index in [1.54, 1.807) is 47.1 Å². The fourth-order valence-electron chi connectivity index (χ4n) is 3.31. The molecule has 1 aliphatic rings. The van der Waals surface area contributed by atoms with Crippen LogP contribution in [0.15, 0.2) is 66.5 Å². The molecule has 0 bridgehead atoms. The molecule has 2 aromatic carbocycles. The quantitative estimate of drug-likeness (QED) is 0.533. The number of carboxylic acids is 1. The molecule has 0 saturated carbocycles. The lowest BCUT2D eigenvalue weighted by Gasteiger charge is -2.24. The third kappa shape index (κ3) is 4.24. The Morgan fingerprint density at radius 3 is 2.71 bits per heavy atom. The number of hydrogen-bond acceptors (Lipinski definition) is 5. The van der Waals surface area contributed by atoms with Gasteiger partial charge in [-0.25, -0.2) is 9.48 Å². The first-order valence-electron chi connectivity index (χ1n) is 9.55. The van der Waals surface area contributed by atoms with E-state index >= 15 is 0 Å². The number of nitrogens with zero attached hydrogens (tertiary/aromatic N) is 2. The van der Waals surface area contributed by atoms with Gasteiger partial charge in [0.15, 0.2) is 0 Å². The van der Waals surface area contributed by atoms with Crippen LogP contribution in [0.3, 0.4) is 0 Å². The molecule has 2 heterocycles. The molecule has 8 nitrogen and oxygen atoms in total. The first kappa shape index (κ1) is 20.5. The van der Waals surface area contributed by atoms with Gasteiger partial charge in [0.2, 0.25) is 0 Å². The first-order valence-corrected chi connectivity index (χ1v) is 9.93. The molecule has 0 unspecified atom stereocenters. The standard InChI is InChI=1S/C22H19ClN4O4/c1-2-31-16-8-6-15(7-9-16)25-21(28)17-12-24-27-19(13-4-3-5-14(23)10-13)11-18(22(29)30)26-20(17)27/h3-12,19,26H,2H2,1H3,(H,25,28)(H,29,30)/t19-/m1/s1. The number of hydrogen-bond donors (Lipinski definition) is 3. The van der Waals surface area contributed by atoms with Crippen molar-refractivity contribution in [2.75, 3.05) is 17.2 Å². The van der Waals surface area contributed by atoms with Gasteiger partial charge in [0.1, 0.15) is 22.8 Å². The summed E-state index contributed by atoms with van der Waals surface area (Å²) < 4.78 is 6.96. The fourth-order valence-corrected chi connectivity index (χ4v) is 3.51. The lowest BCUT2D eigenvalue weighted by atomic mass is 10.0. The monoisotopic (exact) mass is 438 g/mol. The molecule has 4 rings (SSSR count). The molecule has 9 heteroatoms. The summed E-state index contributed by atoms with van der Waals surface area (Å²) in [5, 5.41) is 20.0. The van der Waals surface area contributed by atoms with Gasteiger partial charge in [0.05, 0.1) is 18.8 Å². The van der Waals surface area contributed by atoms with E-state index in [1.807, 2.05) is 13.0 Å². The van der Waals surface area contributed by atoms with Crippen LogP contribution in [0.5, 0.6) is 5.75 Å². The summed E-state index contributed by atoms with van der Waals surface area (Å²) >= 11 is 6.11. The highest BCUT2D eigenvalue weighted by molar-refractivity contribution is 6.30. The Balaban J connectivity index is 1.65. The summed E-state index contributed by atoms with van der Waals surface area (Å²) in [6.07, 6.45) is 2.94. The van der Waals surface area contributed by atoms with E-state index in [2.05, 4.69) is 15.7 Å². The maximum atomic E-state index is 12.9. The molecule has 0 spiro atoms. The number of carboxylic acid groups (broad SMARTS) is 1. The second kappa shape index (κ2) is 8.53. The molecule has 0 fully saturated rings. The molecule has 0 radical (unpaired) electrons. The van der Waals surface area contributed by atoms with Gasteiger partial charge >= 0.3 is 5.97 Å². The Bertz CT molecular complexity index is 1170. The minimum atomic E-state index is -1.14. The van der Waals surface area contributed by atoms with Crippen LogP contribution in [0.4, 0.5) is 11.5 Å². The molecule has 1 aliphatic heterocycles. The van der Waals surface area contributed by atoms with Crippen LogP contribution in [0.1, 0.15) is 28.9 Å². The van der Waals surface area contributed by atoms with Gasteiger partial charge in [0, 0.05) is 10.7 Å². The van der Waals surface area contributed by atoms with Crippen molar-refractivity contribution in [1.29, 1.82) is 0 Å². The Morgan fingerprint density at radius 2 is 2.03 bits per heavy atom.